The van der Waals surface area contributed by atoms with Gasteiger partial charge in [0.1, 0.15) is 12.1 Å². The predicted molar refractivity (Wildman–Crippen MR) is 78.3 cm³/mol. The standard InChI is InChI=1S/C15H19N3O/c1-3-19-12(2)18-15(17)14(11-16)10-9-13-7-5-4-6-8-13/h4-8,11-12H,3,16H2,1-2H3,(H2,17,18). The number of rotatable bonds is 4. The molecule has 19 heavy (non-hydrogen) atoms. The molecule has 1 atom stereocenters. The molecular formula is C15H19N3O. The summed E-state index contributed by atoms with van der Waals surface area (Å²) in [5.74, 6) is 6.17. The minimum Gasteiger partial charge on any atom is -0.403 e. The molecule has 1 aromatic rings. The lowest BCUT2D eigenvalue weighted by atomic mass is 10.2. The monoisotopic (exact) mass is 257 g/mol. The second-order valence-electron chi connectivity index (χ2n) is 3.77. The number of hydrogen-bond acceptors (Lipinski definition) is 3. The summed E-state index contributed by atoms with van der Waals surface area (Å²) in [5, 5.41) is 0. The summed E-state index contributed by atoms with van der Waals surface area (Å²) in [6, 6.07) is 9.61. The normalized spacial score (nSPS) is 13.6. The van der Waals surface area contributed by atoms with Crippen LogP contribution in [-0.4, -0.2) is 18.7 Å². The largest absolute Gasteiger partial charge is 0.403 e. The number of ether oxygens (including phenoxy) is 1. The number of benzene rings is 1. The van der Waals surface area contributed by atoms with Crippen LogP contribution in [0, 0.1) is 11.8 Å². The van der Waals surface area contributed by atoms with Crippen LogP contribution >= 0.6 is 0 Å². The van der Waals surface area contributed by atoms with Gasteiger partial charge in [-0.15, -0.1) is 0 Å². The van der Waals surface area contributed by atoms with Gasteiger partial charge in [0.2, 0.25) is 0 Å². The highest BCUT2D eigenvalue weighted by Crippen LogP contribution is 1.99. The van der Waals surface area contributed by atoms with Gasteiger partial charge in [0.15, 0.2) is 0 Å². The average Bonchev–Trinajstić information content (AvgIpc) is 2.40. The van der Waals surface area contributed by atoms with E-state index >= 15 is 0 Å². The van der Waals surface area contributed by atoms with Gasteiger partial charge >= 0.3 is 0 Å². The molecule has 1 unspecified atom stereocenters. The molecule has 0 saturated heterocycles. The molecule has 0 fully saturated rings. The Balaban J connectivity index is 2.83. The van der Waals surface area contributed by atoms with Gasteiger partial charge in [-0.2, -0.15) is 0 Å². The smallest absolute Gasteiger partial charge is 0.147 e. The van der Waals surface area contributed by atoms with Crippen molar-refractivity contribution in [2.45, 2.75) is 20.1 Å². The number of nitrogens with zero attached hydrogens (tertiary/aromatic N) is 1. The van der Waals surface area contributed by atoms with Crippen molar-refractivity contribution >= 4 is 5.84 Å². The molecule has 4 heteroatoms. The maximum atomic E-state index is 5.84. The zero-order valence-electron chi connectivity index (χ0n) is 11.3. The predicted octanol–water partition coefficient (Wildman–Crippen LogP) is 1.62. The Morgan fingerprint density at radius 3 is 2.68 bits per heavy atom. The van der Waals surface area contributed by atoms with Gasteiger partial charge in [0.05, 0.1) is 5.57 Å². The first kappa shape index (κ1) is 14.8. The van der Waals surface area contributed by atoms with Gasteiger partial charge in [-0.1, -0.05) is 30.0 Å². The minimum absolute atomic E-state index is 0.284. The molecule has 1 aromatic carbocycles. The van der Waals surface area contributed by atoms with Gasteiger partial charge in [-0.3, -0.25) is 0 Å². The van der Waals surface area contributed by atoms with Crippen molar-refractivity contribution in [3.63, 3.8) is 0 Å². The minimum atomic E-state index is -0.307. The van der Waals surface area contributed by atoms with Crippen LogP contribution in [0.5, 0.6) is 0 Å². The number of aliphatic imine (C=N–C) groups is 1. The van der Waals surface area contributed by atoms with E-state index in [4.69, 9.17) is 16.2 Å². The summed E-state index contributed by atoms with van der Waals surface area (Å²) in [5.41, 5.74) is 12.8. The van der Waals surface area contributed by atoms with Crippen LogP contribution in [0.15, 0.2) is 47.1 Å². The van der Waals surface area contributed by atoms with E-state index in [2.05, 4.69) is 16.8 Å². The third kappa shape index (κ3) is 5.28. The average molecular weight is 257 g/mol. The van der Waals surface area contributed by atoms with E-state index in [1.165, 1.54) is 6.20 Å². The SMILES string of the molecule is CCOC(C)N=C(N)C(C#Cc1ccccc1)=CN. The Labute approximate surface area is 114 Å². The Morgan fingerprint density at radius 2 is 2.11 bits per heavy atom. The van der Waals surface area contributed by atoms with Crippen molar-refractivity contribution in [1.82, 2.24) is 0 Å². The summed E-state index contributed by atoms with van der Waals surface area (Å²) < 4.78 is 5.29. The van der Waals surface area contributed by atoms with Crippen molar-refractivity contribution in [1.29, 1.82) is 0 Å². The summed E-state index contributed by atoms with van der Waals surface area (Å²) in [7, 11) is 0. The molecule has 0 aliphatic carbocycles. The van der Waals surface area contributed by atoms with Crippen LogP contribution in [0.2, 0.25) is 0 Å². The Bertz CT molecular complexity index is 509. The van der Waals surface area contributed by atoms with Crippen molar-refractivity contribution in [3.05, 3.63) is 47.7 Å². The van der Waals surface area contributed by atoms with Crippen molar-refractivity contribution in [3.8, 4) is 11.8 Å². The van der Waals surface area contributed by atoms with E-state index < -0.39 is 0 Å². The first-order chi connectivity index (χ1) is 9.17. The second-order valence-corrected chi connectivity index (χ2v) is 3.77. The van der Waals surface area contributed by atoms with Gasteiger partial charge in [0, 0.05) is 18.4 Å². The van der Waals surface area contributed by atoms with E-state index in [0.29, 0.717) is 12.2 Å². The first-order valence-corrected chi connectivity index (χ1v) is 6.11. The highest BCUT2D eigenvalue weighted by atomic mass is 16.5. The van der Waals surface area contributed by atoms with E-state index in [1.807, 2.05) is 44.2 Å². The van der Waals surface area contributed by atoms with Gasteiger partial charge in [0.25, 0.3) is 0 Å². The highest BCUT2D eigenvalue weighted by Gasteiger charge is 2.02. The Hall–Kier alpha value is -2.25. The fraction of sp³-hybridized carbons (Fsp3) is 0.267. The van der Waals surface area contributed by atoms with Crippen LogP contribution in [0.1, 0.15) is 19.4 Å². The molecule has 0 amide bonds. The first-order valence-electron chi connectivity index (χ1n) is 6.11. The van der Waals surface area contributed by atoms with E-state index in [0.717, 1.165) is 5.56 Å². The van der Waals surface area contributed by atoms with E-state index in [1.54, 1.807) is 0 Å². The quantitative estimate of drug-likeness (QED) is 0.489. The van der Waals surface area contributed by atoms with E-state index in [9.17, 15) is 0 Å². The molecule has 0 spiro atoms. The fourth-order valence-corrected chi connectivity index (χ4v) is 1.40. The third-order valence-corrected chi connectivity index (χ3v) is 2.29. The molecule has 0 aliphatic rings. The molecule has 100 valence electrons. The van der Waals surface area contributed by atoms with Crippen LogP contribution < -0.4 is 11.5 Å². The summed E-state index contributed by atoms with van der Waals surface area (Å²) in [4.78, 5) is 4.17. The lowest BCUT2D eigenvalue weighted by molar-refractivity contribution is 0.0831. The number of nitrogens with two attached hydrogens (primary N) is 2. The van der Waals surface area contributed by atoms with E-state index in [-0.39, 0.29) is 12.1 Å². The molecule has 4 nitrogen and oxygen atoms in total. The molecule has 0 bridgehead atoms. The molecule has 0 aliphatic heterocycles. The maximum Gasteiger partial charge on any atom is 0.147 e. The summed E-state index contributed by atoms with van der Waals surface area (Å²) >= 11 is 0. The maximum absolute atomic E-state index is 5.84. The molecule has 0 heterocycles. The van der Waals surface area contributed by atoms with Crippen LogP contribution in [-0.2, 0) is 4.74 Å². The number of hydrogen-bond donors (Lipinski definition) is 2. The molecule has 0 aromatic heterocycles. The zero-order valence-corrected chi connectivity index (χ0v) is 11.3. The van der Waals surface area contributed by atoms with Crippen molar-refractivity contribution in [2.24, 2.45) is 16.5 Å². The lowest BCUT2D eigenvalue weighted by Gasteiger charge is -2.07. The summed E-state index contributed by atoms with van der Waals surface area (Å²) in [6.45, 7) is 4.29. The molecule has 0 saturated carbocycles. The van der Waals surface area contributed by atoms with Gasteiger partial charge in [-0.05, 0) is 26.0 Å². The van der Waals surface area contributed by atoms with Crippen LogP contribution in [0.25, 0.3) is 0 Å². The highest BCUT2D eigenvalue weighted by molar-refractivity contribution is 6.01. The second kappa shape index (κ2) is 7.96. The molecule has 0 radical (unpaired) electrons. The van der Waals surface area contributed by atoms with Gasteiger partial charge in [-0.25, -0.2) is 4.99 Å². The van der Waals surface area contributed by atoms with Crippen LogP contribution in [0.4, 0.5) is 0 Å². The topological polar surface area (TPSA) is 73.6 Å². The third-order valence-electron chi connectivity index (χ3n) is 2.29. The zero-order chi connectivity index (χ0) is 14.1. The summed E-state index contributed by atoms with van der Waals surface area (Å²) in [6.07, 6.45) is 1.05. The lowest BCUT2D eigenvalue weighted by Crippen LogP contribution is -2.19. The molecule has 1 rings (SSSR count). The fourth-order valence-electron chi connectivity index (χ4n) is 1.40. The number of amidine groups is 1. The Kier molecular flexibility index (Phi) is 6.20. The molecular weight excluding hydrogens is 238 g/mol. The Morgan fingerprint density at radius 1 is 1.42 bits per heavy atom. The van der Waals surface area contributed by atoms with Gasteiger partial charge < -0.3 is 16.2 Å². The van der Waals surface area contributed by atoms with Crippen LogP contribution in [0.3, 0.4) is 0 Å². The molecule has 4 N–H and O–H groups in total. The van der Waals surface area contributed by atoms with Crippen molar-refractivity contribution in [2.75, 3.05) is 6.61 Å². The van der Waals surface area contributed by atoms with Crippen molar-refractivity contribution < 1.29 is 4.74 Å².